The minimum atomic E-state index is -4.20. The van der Waals surface area contributed by atoms with Crippen molar-refractivity contribution in [1.29, 1.82) is 0 Å². The number of nitrogens with one attached hydrogen (secondary N) is 1. The molecule has 1 aliphatic rings. The van der Waals surface area contributed by atoms with Crippen molar-refractivity contribution < 1.29 is 22.0 Å². The first-order chi connectivity index (χ1) is 9.74. The highest BCUT2D eigenvalue weighted by Gasteiger charge is 2.32. The van der Waals surface area contributed by atoms with Crippen LogP contribution in [0.3, 0.4) is 0 Å². The third-order valence-corrected chi connectivity index (χ3v) is 3.97. The Labute approximate surface area is 127 Å². The number of halogens is 6. The summed E-state index contributed by atoms with van der Waals surface area (Å²) in [4.78, 5) is 1.33. The van der Waals surface area contributed by atoms with E-state index in [1.807, 2.05) is 0 Å². The quantitative estimate of drug-likeness (QED) is 0.632. The molecule has 1 aliphatic heterocycles. The maximum atomic E-state index is 13.6. The maximum absolute atomic E-state index is 13.6. The first kappa shape index (κ1) is 16.5. The van der Waals surface area contributed by atoms with Gasteiger partial charge in [0.2, 0.25) is 0 Å². The maximum Gasteiger partial charge on any atom is 0.401 e. The van der Waals surface area contributed by atoms with Crippen molar-refractivity contribution in [2.45, 2.75) is 25.1 Å². The van der Waals surface area contributed by atoms with E-state index in [1.165, 1.54) is 11.0 Å². The fourth-order valence-electron chi connectivity index (χ4n) is 2.34. The van der Waals surface area contributed by atoms with Gasteiger partial charge in [0.15, 0.2) is 0 Å². The van der Waals surface area contributed by atoms with Gasteiger partial charge in [-0.2, -0.15) is 13.2 Å². The summed E-state index contributed by atoms with van der Waals surface area (Å²) in [5.74, 6) is -1.41. The van der Waals surface area contributed by atoms with Gasteiger partial charge >= 0.3 is 6.18 Å². The van der Waals surface area contributed by atoms with Crippen LogP contribution < -0.4 is 5.32 Å². The predicted molar refractivity (Wildman–Crippen MR) is 73.2 cm³/mol. The average Bonchev–Trinajstić information content (AvgIpc) is 2.36. The Morgan fingerprint density at radius 3 is 2.33 bits per heavy atom. The van der Waals surface area contributed by atoms with Crippen molar-refractivity contribution in [3.05, 3.63) is 28.2 Å². The fourth-order valence-corrected chi connectivity index (χ4v) is 2.69. The van der Waals surface area contributed by atoms with Crippen LogP contribution in [0.25, 0.3) is 0 Å². The molecule has 1 N–H and O–H groups in total. The smallest absolute Gasteiger partial charge is 0.380 e. The number of nitrogens with zero attached hydrogens (tertiary/aromatic N) is 1. The molecule has 0 spiro atoms. The molecule has 21 heavy (non-hydrogen) atoms. The molecule has 1 fully saturated rings. The summed E-state index contributed by atoms with van der Waals surface area (Å²) in [6, 6.07) is 1.94. The number of hydrogen-bond donors (Lipinski definition) is 1. The van der Waals surface area contributed by atoms with E-state index < -0.39 is 24.4 Å². The minimum Gasteiger partial charge on any atom is -0.380 e. The molecular formula is C13H14BrF5N2. The normalized spacial score (nSPS) is 18.0. The second kappa shape index (κ2) is 6.48. The van der Waals surface area contributed by atoms with Crippen molar-refractivity contribution in [1.82, 2.24) is 4.90 Å². The van der Waals surface area contributed by atoms with Gasteiger partial charge < -0.3 is 5.32 Å². The van der Waals surface area contributed by atoms with Gasteiger partial charge in [0.1, 0.15) is 11.6 Å². The minimum absolute atomic E-state index is 0.124. The zero-order valence-electron chi connectivity index (χ0n) is 11.0. The Morgan fingerprint density at radius 2 is 1.76 bits per heavy atom. The fraction of sp³-hybridized carbons (Fsp3) is 0.538. The number of piperidine rings is 1. The standard InChI is InChI=1S/C13H14BrF5N2/c14-9-5-12(11(16)6-10(9)15)20-8-1-3-21(4-2-8)7-13(17,18)19/h5-6,8,20H,1-4,7H2. The molecule has 2 rings (SSSR count). The van der Waals surface area contributed by atoms with Crippen molar-refractivity contribution >= 4 is 21.6 Å². The molecule has 1 heterocycles. The van der Waals surface area contributed by atoms with Crippen LogP contribution in [0.5, 0.6) is 0 Å². The zero-order valence-corrected chi connectivity index (χ0v) is 12.6. The third kappa shape index (κ3) is 4.81. The summed E-state index contributed by atoms with van der Waals surface area (Å²) >= 11 is 2.97. The molecule has 1 aromatic rings. The highest BCUT2D eigenvalue weighted by molar-refractivity contribution is 9.10. The second-order valence-corrected chi connectivity index (χ2v) is 5.91. The summed E-state index contributed by atoms with van der Waals surface area (Å²) < 4.78 is 63.7. The molecule has 0 unspecified atom stereocenters. The van der Waals surface area contributed by atoms with Gasteiger partial charge in [-0.25, -0.2) is 8.78 Å². The average molecular weight is 373 g/mol. The molecule has 118 valence electrons. The van der Waals surface area contributed by atoms with E-state index in [0.717, 1.165) is 6.07 Å². The lowest BCUT2D eigenvalue weighted by Gasteiger charge is -2.33. The second-order valence-electron chi connectivity index (χ2n) is 5.06. The van der Waals surface area contributed by atoms with E-state index in [4.69, 9.17) is 0 Å². The lowest BCUT2D eigenvalue weighted by Crippen LogP contribution is -2.43. The van der Waals surface area contributed by atoms with Crippen LogP contribution in [0, 0.1) is 11.6 Å². The Morgan fingerprint density at radius 1 is 1.14 bits per heavy atom. The van der Waals surface area contributed by atoms with E-state index in [-0.39, 0.29) is 16.2 Å². The Balaban J connectivity index is 1.91. The zero-order chi connectivity index (χ0) is 15.6. The molecule has 0 saturated carbocycles. The van der Waals surface area contributed by atoms with E-state index in [1.54, 1.807) is 0 Å². The predicted octanol–water partition coefficient (Wildman–Crippen LogP) is 4.17. The summed E-state index contributed by atoms with van der Waals surface area (Å²) in [7, 11) is 0. The van der Waals surface area contributed by atoms with E-state index >= 15 is 0 Å². The Kier molecular flexibility index (Phi) is 5.08. The molecule has 8 heteroatoms. The summed E-state index contributed by atoms with van der Waals surface area (Å²) in [6.07, 6.45) is -3.25. The van der Waals surface area contributed by atoms with Crippen molar-refractivity contribution in [3.63, 3.8) is 0 Å². The number of hydrogen-bond acceptors (Lipinski definition) is 2. The van der Waals surface area contributed by atoms with Crippen LogP contribution in [0.4, 0.5) is 27.6 Å². The number of anilines is 1. The van der Waals surface area contributed by atoms with E-state index in [9.17, 15) is 22.0 Å². The number of benzene rings is 1. The first-order valence-corrected chi connectivity index (χ1v) is 7.24. The molecule has 2 nitrogen and oxygen atoms in total. The number of likely N-dealkylation sites (tertiary alicyclic amines) is 1. The third-order valence-electron chi connectivity index (χ3n) is 3.36. The van der Waals surface area contributed by atoms with Gasteiger partial charge in [0.25, 0.3) is 0 Å². The van der Waals surface area contributed by atoms with Crippen LogP contribution in [-0.4, -0.2) is 36.8 Å². The van der Waals surface area contributed by atoms with Crippen molar-refractivity contribution in [2.24, 2.45) is 0 Å². The number of rotatable bonds is 3. The van der Waals surface area contributed by atoms with Gasteiger partial charge in [-0.05, 0) is 34.8 Å². The van der Waals surface area contributed by atoms with Crippen LogP contribution in [0.1, 0.15) is 12.8 Å². The Hall–Kier alpha value is -0.890. The topological polar surface area (TPSA) is 15.3 Å². The molecule has 0 atom stereocenters. The SMILES string of the molecule is Fc1cc(F)c(NC2CCN(CC(F)(F)F)CC2)cc1Br. The van der Waals surface area contributed by atoms with E-state index in [0.29, 0.717) is 25.9 Å². The van der Waals surface area contributed by atoms with Gasteiger partial charge in [-0.3, -0.25) is 4.90 Å². The molecule has 0 aromatic heterocycles. The monoisotopic (exact) mass is 372 g/mol. The van der Waals surface area contributed by atoms with Gasteiger partial charge in [0, 0.05) is 25.2 Å². The molecule has 0 bridgehead atoms. The molecule has 1 aromatic carbocycles. The van der Waals surface area contributed by atoms with Crippen LogP contribution >= 0.6 is 15.9 Å². The lowest BCUT2D eigenvalue weighted by molar-refractivity contribution is -0.147. The molecule has 0 amide bonds. The molecule has 0 radical (unpaired) electrons. The first-order valence-electron chi connectivity index (χ1n) is 6.45. The van der Waals surface area contributed by atoms with Gasteiger partial charge in [0.05, 0.1) is 16.7 Å². The summed E-state index contributed by atoms with van der Waals surface area (Å²) in [6.45, 7) is -0.335. The Bertz CT molecular complexity index is 498. The summed E-state index contributed by atoms with van der Waals surface area (Å²) in [5.41, 5.74) is 0.151. The van der Waals surface area contributed by atoms with Crippen LogP contribution in [0.15, 0.2) is 16.6 Å². The van der Waals surface area contributed by atoms with Gasteiger partial charge in [-0.15, -0.1) is 0 Å². The highest BCUT2D eigenvalue weighted by atomic mass is 79.9. The van der Waals surface area contributed by atoms with Crippen molar-refractivity contribution in [2.75, 3.05) is 25.0 Å². The molecule has 1 saturated heterocycles. The van der Waals surface area contributed by atoms with Crippen LogP contribution in [0.2, 0.25) is 0 Å². The molecular weight excluding hydrogens is 359 g/mol. The van der Waals surface area contributed by atoms with Crippen LogP contribution in [-0.2, 0) is 0 Å². The van der Waals surface area contributed by atoms with E-state index in [2.05, 4.69) is 21.2 Å². The highest BCUT2D eigenvalue weighted by Crippen LogP contribution is 2.26. The van der Waals surface area contributed by atoms with Gasteiger partial charge in [-0.1, -0.05) is 0 Å². The largest absolute Gasteiger partial charge is 0.401 e. The number of alkyl halides is 3. The lowest BCUT2D eigenvalue weighted by atomic mass is 10.0. The summed E-state index contributed by atoms with van der Waals surface area (Å²) in [5, 5.41) is 2.92. The molecule has 0 aliphatic carbocycles. The van der Waals surface area contributed by atoms with Crippen molar-refractivity contribution in [3.8, 4) is 0 Å².